The first-order chi connectivity index (χ1) is 10.3. The molecule has 0 amide bonds. The van der Waals surface area contributed by atoms with Crippen LogP contribution in [0.2, 0.25) is 5.02 Å². The van der Waals surface area contributed by atoms with Crippen molar-refractivity contribution in [1.82, 2.24) is 0 Å². The molecule has 0 nitrogen and oxygen atoms in total. The minimum atomic E-state index is 0.784. The molecule has 0 saturated carbocycles. The molecule has 0 spiro atoms. The van der Waals surface area contributed by atoms with Crippen LogP contribution in [-0.2, 0) is 0 Å². The fourth-order valence-electron chi connectivity index (χ4n) is 2.95. The third-order valence-corrected chi connectivity index (χ3v) is 4.27. The normalized spacial score (nSPS) is 12.0. The lowest BCUT2D eigenvalue weighted by Gasteiger charge is -2.04. The number of hydrogen-bond donors (Lipinski definition) is 0. The van der Waals surface area contributed by atoms with Crippen molar-refractivity contribution in [3.63, 3.8) is 0 Å². The minimum Gasteiger partial charge on any atom is -0.0837 e. The Bertz CT molecular complexity index is 811. The molecule has 3 aromatic carbocycles. The fourth-order valence-corrected chi connectivity index (χ4v) is 3.14. The molecule has 0 heterocycles. The molecule has 0 fully saturated rings. The largest absolute Gasteiger partial charge is 0.0837 e. The van der Waals surface area contributed by atoms with Crippen LogP contribution in [0.15, 0.2) is 72.8 Å². The average molecular weight is 289 g/mol. The van der Waals surface area contributed by atoms with Gasteiger partial charge < -0.3 is 0 Å². The monoisotopic (exact) mass is 288 g/mol. The third kappa shape index (κ3) is 2.00. The van der Waals surface area contributed by atoms with E-state index in [2.05, 4.69) is 60.7 Å². The van der Waals surface area contributed by atoms with Crippen LogP contribution >= 0.6 is 11.6 Å². The summed E-state index contributed by atoms with van der Waals surface area (Å²) in [5.74, 6) is 0. The van der Waals surface area contributed by atoms with Gasteiger partial charge in [0.25, 0.3) is 0 Å². The van der Waals surface area contributed by atoms with Gasteiger partial charge in [0, 0.05) is 5.02 Å². The Labute approximate surface area is 129 Å². The van der Waals surface area contributed by atoms with E-state index in [0.717, 1.165) is 10.6 Å². The predicted octanol–water partition coefficient (Wildman–Crippen LogP) is 5.91. The van der Waals surface area contributed by atoms with Crippen LogP contribution in [0.1, 0.15) is 16.7 Å². The molecule has 100 valence electrons. The summed E-state index contributed by atoms with van der Waals surface area (Å²) in [5, 5.41) is 0.784. The van der Waals surface area contributed by atoms with Gasteiger partial charge in [-0.05, 0) is 45.5 Å². The van der Waals surface area contributed by atoms with Gasteiger partial charge in [-0.15, -0.1) is 0 Å². The van der Waals surface area contributed by atoms with Crippen molar-refractivity contribution < 1.29 is 0 Å². The number of benzene rings is 3. The van der Waals surface area contributed by atoms with Crippen molar-refractivity contribution in [3.8, 4) is 11.1 Å². The Kier molecular flexibility index (Phi) is 2.90. The molecule has 0 atom stereocenters. The number of rotatable bonds is 1. The predicted molar refractivity (Wildman–Crippen MR) is 90.3 cm³/mol. The zero-order valence-corrected chi connectivity index (χ0v) is 12.1. The molecule has 3 aromatic rings. The molecular weight excluding hydrogens is 276 g/mol. The summed E-state index contributed by atoms with van der Waals surface area (Å²) in [6, 6.07) is 25.0. The van der Waals surface area contributed by atoms with Crippen LogP contribution in [0.5, 0.6) is 0 Å². The zero-order valence-electron chi connectivity index (χ0n) is 11.4. The molecule has 21 heavy (non-hydrogen) atoms. The number of fused-ring (bicyclic) bond motifs is 3. The molecule has 0 bridgehead atoms. The summed E-state index contributed by atoms with van der Waals surface area (Å²) in [5.41, 5.74) is 7.45. The van der Waals surface area contributed by atoms with Gasteiger partial charge in [0.2, 0.25) is 0 Å². The van der Waals surface area contributed by atoms with Crippen LogP contribution in [0.4, 0.5) is 0 Å². The Hall–Kier alpha value is -2.31. The van der Waals surface area contributed by atoms with Gasteiger partial charge in [0.15, 0.2) is 0 Å². The second-order valence-electron chi connectivity index (χ2n) is 5.17. The standard InChI is InChI=1S/C20H13Cl/c21-20-12-6-1-7-14(20)13-19-17-10-4-2-8-15(17)16-9-3-5-11-18(16)19/h1-13H. The highest BCUT2D eigenvalue weighted by Crippen LogP contribution is 2.44. The molecule has 0 radical (unpaired) electrons. The number of hydrogen-bond acceptors (Lipinski definition) is 0. The van der Waals surface area contributed by atoms with E-state index in [1.165, 1.54) is 27.8 Å². The van der Waals surface area contributed by atoms with Crippen LogP contribution < -0.4 is 0 Å². The first kappa shape index (κ1) is 12.4. The summed E-state index contributed by atoms with van der Waals surface area (Å²) in [4.78, 5) is 0. The number of halogens is 1. The van der Waals surface area contributed by atoms with Crippen LogP contribution in [0, 0.1) is 0 Å². The molecule has 0 N–H and O–H groups in total. The van der Waals surface area contributed by atoms with Crippen molar-refractivity contribution in [2.24, 2.45) is 0 Å². The molecular formula is C20H13Cl. The molecule has 0 aromatic heterocycles. The zero-order chi connectivity index (χ0) is 14.2. The van der Waals surface area contributed by atoms with E-state index in [-0.39, 0.29) is 0 Å². The van der Waals surface area contributed by atoms with Crippen molar-refractivity contribution in [1.29, 1.82) is 0 Å². The van der Waals surface area contributed by atoms with E-state index in [0.29, 0.717) is 0 Å². The third-order valence-electron chi connectivity index (χ3n) is 3.93. The first-order valence-corrected chi connectivity index (χ1v) is 7.38. The van der Waals surface area contributed by atoms with Gasteiger partial charge in [-0.2, -0.15) is 0 Å². The second-order valence-corrected chi connectivity index (χ2v) is 5.58. The maximum Gasteiger partial charge on any atom is 0.0478 e. The molecule has 0 aliphatic heterocycles. The van der Waals surface area contributed by atoms with Crippen molar-refractivity contribution in [2.45, 2.75) is 0 Å². The molecule has 4 rings (SSSR count). The summed E-state index contributed by atoms with van der Waals surface area (Å²) < 4.78 is 0. The SMILES string of the molecule is Clc1ccccc1C=C1c2ccccc2-c2ccccc21. The molecule has 1 heteroatoms. The lowest BCUT2D eigenvalue weighted by atomic mass is 10.0. The van der Waals surface area contributed by atoms with Crippen LogP contribution in [0.3, 0.4) is 0 Å². The van der Waals surface area contributed by atoms with E-state index in [1.807, 2.05) is 18.2 Å². The van der Waals surface area contributed by atoms with E-state index in [1.54, 1.807) is 0 Å². The van der Waals surface area contributed by atoms with E-state index in [4.69, 9.17) is 11.6 Å². The smallest absolute Gasteiger partial charge is 0.0478 e. The van der Waals surface area contributed by atoms with Crippen molar-refractivity contribution >= 4 is 23.3 Å². The molecule has 0 saturated heterocycles. The lowest BCUT2D eigenvalue weighted by molar-refractivity contribution is 1.64. The average Bonchev–Trinajstić information content (AvgIpc) is 2.85. The maximum atomic E-state index is 6.31. The van der Waals surface area contributed by atoms with Crippen LogP contribution in [-0.4, -0.2) is 0 Å². The lowest BCUT2D eigenvalue weighted by Crippen LogP contribution is -1.82. The highest BCUT2D eigenvalue weighted by atomic mass is 35.5. The van der Waals surface area contributed by atoms with Gasteiger partial charge in [0.1, 0.15) is 0 Å². The Balaban J connectivity index is 1.99. The van der Waals surface area contributed by atoms with Gasteiger partial charge in [0.05, 0.1) is 0 Å². The molecule has 0 unspecified atom stereocenters. The van der Waals surface area contributed by atoms with Crippen LogP contribution in [0.25, 0.3) is 22.8 Å². The van der Waals surface area contributed by atoms with E-state index < -0.39 is 0 Å². The summed E-state index contributed by atoms with van der Waals surface area (Å²) in [6.07, 6.45) is 2.19. The highest BCUT2D eigenvalue weighted by molar-refractivity contribution is 6.32. The summed E-state index contributed by atoms with van der Waals surface area (Å²) in [7, 11) is 0. The molecule has 1 aliphatic carbocycles. The Morgan fingerprint density at radius 3 is 1.62 bits per heavy atom. The van der Waals surface area contributed by atoms with Gasteiger partial charge in [-0.3, -0.25) is 0 Å². The quantitative estimate of drug-likeness (QED) is 0.408. The first-order valence-electron chi connectivity index (χ1n) is 7.00. The van der Waals surface area contributed by atoms with Crippen molar-refractivity contribution in [3.05, 3.63) is 94.5 Å². The maximum absolute atomic E-state index is 6.31. The Morgan fingerprint density at radius 2 is 1.05 bits per heavy atom. The van der Waals surface area contributed by atoms with Crippen molar-refractivity contribution in [2.75, 3.05) is 0 Å². The van der Waals surface area contributed by atoms with E-state index in [9.17, 15) is 0 Å². The minimum absolute atomic E-state index is 0.784. The molecule has 1 aliphatic rings. The fraction of sp³-hybridized carbons (Fsp3) is 0. The highest BCUT2D eigenvalue weighted by Gasteiger charge is 2.22. The van der Waals surface area contributed by atoms with Gasteiger partial charge >= 0.3 is 0 Å². The van der Waals surface area contributed by atoms with E-state index >= 15 is 0 Å². The van der Waals surface area contributed by atoms with Gasteiger partial charge in [-0.1, -0.05) is 78.3 Å². The Morgan fingerprint density at radius 1 is 0.571 bits per heavy atom. The summed E-state index contributed by atoms with van der Waals surface area (Å²) >= 11 is 6.31. The second kappa shape index (κ2) is 4.91. The van der Waals surface area contributed by atoms with Gasteiger partial charge in [-0.25, -0.2) is 0 Å². The summed E-state index contributed by atoms with van der Waals surface area (Å²) in [6.45, 7) is 0. The topological polar surface area (TPSA) is 0 Å².